The van der Waals surface area contributed by atoms with Gasteiger partial charge in [-0.2, -0.15) is 13.2 Å². The Balaban J connectivity index is 2.31. The van der Waals surface area contributed by atoms with Gasteiger partial charge in [-0.3, -0.25) is 4.99 Å². The van der Waals surface area contributed by atoms with E-state index in [1.807, 2.05) is 13.8 Å². The Kier molecular flexibility index (Phi) is 3.88. The monoisotopic (exact) mass is 352 g/mol. The highest BCUT2D eigenvalue weighted by atomic mass is 79.9. The average Bonchev–Trinajstić information content (AvgIpc) is 2.59. The molecule has 2 rings (SSSR count). The van der Waals surface area contributed by atoms with Gasteiger partial charge in [-0.25, -0.2) is 0 Å². The maximum Gasteiger partial charge on any atom is 0.418 e. The van der Waals surface area contributed by atoms with Crippen molar-refractivity contribution in [1.29, 1.82) is 0 Å². The van der Waals surface area contributed by atoms with E-state index >= 15 is 0 Å². The van der Waals surface area contributed by atoms with E-state index in [0.29, 0.717) is 9.64 Å². The van der Waals surface area contributed by atoms with Crippen LogP contribution in [0.5, 0.6) is 0 Å². The summed E-state index contributed by atoms with van der Waals surface area (Å²) in [6.07, 6.45) is -4.40. The first kappa shape index (κ1) is 14.7. The summed E-state index contributed by atoms with van der Waals surface area (Å²) < 4.78 is 39.2. The second-order valence-electron chi connectivity index (χ2n) is 4.83. The molecule has 0 atom stereocenters. The van der Waals surface area contributed by atoms with Crippen LogP contribution >= 0.6 is 27.7 Å². The first-order valence-electron chi connectivity index (χ1n) is 5.54. The van der Waals surface area contributed by atoms with Gasteiger partial charge in [0.2, 0.25) is 0 Å². The first-order valence-corrected chi connectivity index (χ1v) is 7.32. The minimum Gasteiger partial charge on any atom is -0.334 e. The van der Waals surface area contributed by atoms with Crippen LogP contribution in [-0.2, 0) is 6.18 Å². The van der Waals surface area contributed by atoms with Gasteiger partial charge in [0.15, 0.2) is 5.17 Å². The predicted octanol–water partition coefficient (Wildman–Crippen LogP) is 4.76. The van der Waals surface area contributed by atoms with Crippen LogP contribution in [0.1, 0.15) is 19.4 Å². The molecule has 1 N–H and O–H groups in total. The smallest absolute Gasteiger partial charge is 0.334 e. The number of rotatable bonds is 1. The van der Waals surface area contributed by atoms with Crippen LogP contribution in [0.25, 0.3) is 0 Å². The number of anilines is 1. The highest BCUT2D eigenvalue weighted by Crippen LogP contribution is 2.37. The number of aliphatic imine (C=N–C) groups is 1. The average molecular weight is 353 g/mol. The molecule has 104 valence electrons. The van der Waals surface area contributed by atoms with Crippen molar-refractivity contribution in [1.82, 2.24) is 0 Å². The molecule has 0 aromatic heterocycles. The molecule has 0 radical (unpaired) electrons. The minimum atomic E-state index is -4.40. The molecule has 7 heteroatoms. The van der Waals surface area contributed by atoms with Gasteiger partial charge in [0, 0.05) is 10.2 Å². The third-order valence-corrected chi connectivity index (χ3v) is 4.31. The molecule has 0 saturated carbocycles. The molecular weight excluding hydrogens is 341 g/mol. The standard InChI is InChI=1S/C12H12BrF3N2S/c1-11(2)6-19-10(18-11)17-9-4-3-7(13)5-8(9)12(14,15)16/h3-5H,6H2,1-2H3,(H,17,18). The fourth-order valence-corrected chi connectivity index (χ4v) is 3.03. The summed E-state index contributed by atoms with van der Waals surface area (Å²) >= 11 is 4.48. The molecule has 0 saturated heterocycles. The Hall–Kier alpha value is -0.690. The normalized spacial score (nSPS) is 18.3. The van der Waals surface area contributed by atoms with Crippen LogP contribution in [0.3, 0.4) is 0 Å². The molecule has 1 aromatic rings. The van der Waals surface area contributed by atoms with E-state index in [0.717, 1.165) is 11.8 Å². The molecular formula is C12H12BrF3N2S. The molecule has 1 heterocycles. The van der Waals surface area contributed by atoms with Crippen LogP contribution in [0.15, 0.2) is 27.7 Å². The van der Waals surface area contributed by atoms with Gasteiger partial charge in [0.1, 0.15) is 0 Å². The van der Waals surface area contributed by atoms with Gasteiger partial charge in [-0.1, -0.05) is 27.7 Å². The second-order valence-corrected chi connectivity index (χ2v) is 6.71. The lowest BCUT2D eigenvalue weighted by Crippen LogP contribution is -2.16. The molecule has 0 unspecified atom stereocenters. The number of hydrogen-bond acceptors (Lipinski definition) is 3. The van der Waals surface area contributed by atoms with Crippen LogP contribution in [-0.4, -0.2) is 16.5 Å². The van der Waals surface area contributed by atoms with E-state index in [9.17, 15) is 13.2 Å². The Bertz CT molecular complexity index is 526. The van der Waals surface area contributed by atoms with E-state index in [1.54, 1.807) is 6.07 Å². The SMILES string of the molecule is CC1(C)CSC(Nc2ccc(Br)cc2C(F)(F)F)=N1. The number of halogens is 4. The highest BCUT2D eigenvalue weighted by molar-refractivity contribution is 9.10. The van der Waals surface area contributed by atoms with Crippen LogP contribution in [0.2, 0.25) is 0 Å². The largest absolute Gasteiger partial charge is 0.418 e. The van der Waals surface area contributed by atoms with Gasteiger partial charge in [-0.05, 0) is 32.0 Å². The number of nitrogens with zero attached hydrogens (tertiary/aromatic N) is 1. The molecule has 0 spiro atoms. The Morgan fingerprint density at radius 3 is 2.58 bits per heavy atom. The summed E-state index contributed by atoms with van der Waals surface area (Å²) in [5.74, 6) is 0.757. The molecule has 19 heavy (non-hydrogen) atoms. The number of benzene rings is 1. The predicted molar refractivity (Wildman–Crippen MR) is 76.7 cm³/mol. The van der Waals surface area contributed by atoms with Gasteiger partial charge in [0.05, 0.1) is 16.8 Å². The van der Waals surface area contributed by atoms with E-state index < -0.39 is 11.7 Å². The Morgan fingerprint density at radius 1 is 1.37 bits per heavy atom. The van der Waals surface area contributed by atoms with E-state index in [4.69, 9.17) is 0 Å². The number of hydrogen-bond donors (Lipinski definition) is 1. The van der Waals surface area contributed by atoms with E-state index in [-0.39, 0.29) is 11.2 Å². The van der Waals surface area contributed by atoms with Crippen molar-refractivity contribution in [2.75, 3.05) is 11.1 Å². The third-order valence-electron chi connectivity index (χ3n) is 2.49. The van der Waals surface area contributed by atoms with E-state index in [2.05, 4.69) is 26.2 Å². The lowest BCUT2D eigenvalue weighted by Gasteiger charge is -2.14. The number of nitrogens with one attached hydrogen (secondary N) is 1. The van der Waals surface area contributed by atoms with Crippen LogP contribution in [0.4, 0.5) is 18.9 Å². The van der Waals surface area contributed by atoms with Crippen molar-refractivity contribution in [3.63, 3.8) is 0 Å². The third kappa shape index (κ3) is 3.66. The molecule has 0 bridgehead atoms. The Labute approximate surface area is 122 Å². The van der Waals surface area contributed by atoms with Crippen molar-refractivity contribution in [3.8, 4) is 0 Å². The summed E-state index contributed by atoms with van der Waals surface area (Å²) in [4.78, 5) is 4.35. The lowest BCUT2D eigenvalue weighted by atomic mass is 10.1. The number of amidine groups is 1. The van der Waals surface area contributed by atoms with Crippen molar-refractivity contribution in [2.45, 2.75) is 25.6 Å². The van der Waals surface area contributed by atoms with Gasteiger partial charge < -0.3 is 5.32 Å². The topological polar surface area (TPSA) is 24.4 Å². The molecule has 1 aromatic carbocycles. The van der Waals surface area contributed by atoms with Crippen molar-refractivity contribution in [3.05, 3.63) is 28.2 Å². The van der Waals surface area contributed by atoms with Crippen molar-refractivity contribution >= 4 is 38.5 Å². The highest BCUT2D eigenvalue weighted by Gasteiger charge is 2.34. The van der Waals surface area contributed by atoms with Gasteiger partial charge in [0.25, 0.3) is 0 Å². The van der Waals surface area contributed by atoms with Crippen molar-refractivity contribution in [2.24, 2.45) is 4.99 Å². The molecule has 2 nitrogen and oxygen atoms in total. The molecule has 0 fully saturated rings. The fourth-order valence-electron chi connectivity index (χ4n) is 1.62. The first-order chi connectivity index (χ1) is 8.67. The van der Waals surface area contributed by atoms with Crippen molar-refractivity contribution < 1.29 is 13.2 Å². The summed E-state index contributed by atoms with van der Waals surface area (Å²) in [5.41, 5.74) is -0.907. The summed E-state index contributed by atoms with van der Waals surface area (Å²) in [5, 5.41) is 3.30. The number of thioether (sulfide) groups is 1. The fraction of sp³-hybridized carbons (Fsp3) is 0.417. The molecule has 1 aliphatic heterocycles. The second kappa shape index (κ2) is 5.01. The quantitative estimate of drug-likeness (QED) is 0.787. The van der Waals surface area contributed by atoms with E-state index in [1.165, 1.54) is 17.8 Å². The maximum absolute atomic E-state index is 12.9. The maximum atomic E-state index is 12.9. The molecule has 1 aliphatic rings. The summed E-state index contributed by atoms with van der Waals surface area (Å²) in [7, 11) is 0. The van der Waals surface area contributed by atoms with Crippen LogP contribution < -0.4 is 5.32 Å². The van der Waals surface area contributed by atoms with Crippen LogP contribution in [0, 0.1) is 0 Å². The molecule has 0 aliphatic carbocycles. The zero-order valence-corrected chi connectivity index (χ0v) is 12.7. The summed E-state index contributed by atoms with van der Waals surface area (Å²) in [6, 6.07) is 4.04. The zero-order valence-electron chi connectivity index (χ0n) is 10.3. The number of alkyl halides is 3. The zero-order chi connectivity index (χ0) is 14.3. The lowest BCUT2D eigenvalue weighted by molar-refractivity contribution is -0.136. The summed E-state index contributed by atoms with van der Waals surface area (Å²) in [6.45, 7) is 3.89. The molecule has 0 amide bonds. The minimum absolute atomic E-state index is 0.0275. The Morgan fingerprint density at radius 2 is 2.05 bits per heavy atom. The van der Waals surface area contributed by atoms with Gasteiger partial charge in [-0.15, -0.1) is 0 Å². The van der Waals surface area contributed by atoms with Gasteiger partial charge >= 0.3 is 6.18 Å².